The van der Waals surface area contributed by atoms with E-state index in [0.29, 0.717) is 18.4 Å². The van der Waals surface area contributed by atoms with Gasteiger partial charge in [0.25, 0.3) is 0 Å². The Morgan fingerprint density at radius 2 is 2.08 bits per heavy atom. The standard InChI is InChI=1S/C17H26N4O2S/c1-13-18-19-15(24-13)11-20-7-5-17(6-8-20)12-21(9-10-23-17)16(22)14-3-2-4-14/h14H,2-12H2,1H3. The monoisotopic (exact) mass is 350 g/mol. The van der Waals surface area contributed by atoms with Crippen molar-refractivity contribution in [2.75, 3.05) is 32.8 Å². The number of hydrogen-bond donors (Lipinski definition) is 0. The molecule has 0 radical (unpaired) electrons. The third-order valence-corrected chi connectivity index (χ3v) is 6.53. The molecule has 0 N–H and O–H groups in total. The molecule has 1 aliphatic carbocycles. The van der Waals surface area contributed by atoms with Crippen LogP contribution in [0.1, 0.15) is 42.1 Å². The number of likely N-dealkylation sites (tertiary alicyclic amines) is 1. The molecule has 1 aromatic heterocycles. The van der Waals surface area contributed by atoms with Crippen molar-refractivity contribution < 1.29 is 9.53 Å². The number of amides is 1. The molecule has 4 rings (SSSR count). The zero-order valence-electron chi connectivity index (χ0n) is 14.4. The number of hydrogen-bond acceptors (Lipinski definition) is 6. The Morgan fingerprint density at radius 1 is 1.29 bits per heavy atom. The highest BCUT2D eigenvalue weighted by atomic mass is 32.1. The van der Waals surface area contributed by atoms with E-state index in [-0.39, 0.29) is 5.60 Å². The number of nitrogens with zero attached hydrogens (tertiary/aromatic N) is 4. The summed E-state index contributed by atoms with van der Waals surface area (Å²) in [6, 6.07) is 0. The molecule has 0 aromatic carbocycles. The van der Waals surface area contributed by atoms with E-state index >= 15 is 0 Å². The third kappa shape index (κ3) is 3.34. The molecule has 2 saturated heterocycles. The second-order valence-electron chi connectivity index (χ2n) is 7.41. The van der Waals surface area contributed by atoms with E-state index in [1.54, 1.807) is 11.3 Å². The van der Waals surface area contributed by atoms with Crippen molar-refractivity contribution in [3.63, 3.8) is 0 Å². The Hall–Kier alpha value is -1.05. The fourth-order valence-corrected chi connectivity index (χ4v) is 4.71. The highest BCUT2D eigenvalue weighted by Gasteiger charge is 2.42. The Kier molecular flexibility index (Phi) is 4.58. The zero-order valence-corrected chi connectivity index (χ0v) is 15.2. The van der Waals surface area contributed by atoms with E-state index in [9.17, 15) is 4.79 Å². The number of morpholine rings is 1. The summed E-state index contributed by atoms with van der Waals surface area (Å²) < 4.78 is 6.17. The molecule has 3 heterocycles. The van der Waals surface area contributed by atoms with Gasteiger partial charge in [0.05, 0.1) is 18.8 Å². The van der Waals surface area contributed by atoms with Crippen molar-refractivity contribution >= 4 is 17.2 Å². The Bertz CT molecular complexity index is 593. The summed E-state index contributed by atoms with van der Waals surface area (Å²) in [7, 11) is 0. The van der Waals surface area contributed by atoms with Gasteiger partial charge in [-0.3, -0.25) is 9.69 Å². The van der Waals surface area contributed by atoms with Crippen LogP contribution in [0.4, 0.5) is 0 Å². The van der Waals surface area contributed by atoms with Gasteiger partial charge in [0.15, 0.2) is 0 Å². The number of ether oxygens (including phenoxy) is 1. The van der Waals surface area contributed by atoms with Gasteiger partial charge in [0.1, 0.15) is 10.0 Å². The van der Waals surface area contributed by atoms with Crippen molar-refractivity contribution in [2.45, 2.75) is 51.2 Å². The molecule has 1 amide bonds. The maximum Gasteiger partial charge on any atom is 0.225 e. The van der Waals surface area contributed by atoms with E-state index in [1.807, 2.05) is 6.92 Å². The molecule has 7 heteroatoms. The lowest BCUT2D eigenvalue weighted by Gasteiger charge is -2.48. The molecule has 1 aromatic rings. The van der Waals surface area contributed by atoms with Gasteiger partial charge in [0.2, 0.25) is 5.91 Å². The molecule has 1 spiro atoms. The van der Waals surface area contributed by atoms with Crippen LogP contribution in [0.25, 0.3) is 0 Å². The molecular weight excluding hydrogens is 324 g/mol. The Labute approximate surface area is 147 Å². The summed E-state index contributed by atoms with van der Waals surface area (Å²) in [5.74, 6) is 0.663. The van der Waals surface area contributed by atoms with E-state index in [1.165, 1.54) is 6.42 Å². The van der Waals surface area contributed by atoms with Crippen LogP contribution in [0.2, 0.25) is 0 Å². The minimum absolute atomic E-state index is 0.120. The zero-order chi connectivity index (χ0) is 16.6. The van der Waals surface area contributed by atoms with Gasteiger partial charge in [0, 0.05) is 32.1 Å². The summed E-state index contributed by atoms with van der Waals surface area (Å²) >= 11 is 1.68. The van der Waals surface area contributed by atoms with Crippen LogP contribution in [0.5, 0.6) is 0 Å². The van der Waals surface area contributed by atoms with Crippen molar-refractivity contribution in [3.8, 4) is 0 Å². The Balaban J connectivity index is 1.32. The first-order valence-electron chi connectivity index (χ1n) is 9.08. The van der Waals surface area contributed by atoms with Gasteiger partial charge < -0.3 is 9.64 Å². The predicted octanol–water partition coefficient (Wildman–Crippen LogP) is 1.84. The molecular formula is C17H26N4O2S. The van der Waals surface area contributed by atoms with Crippen molar-refractivity contribution in [1.82, 2.24) is 20.0 Å². The summed E-state index contributed by atoms with van der Waals surface area (Å²) in [5.41, 5.74) is -0.120. The molecule has 0 unspecified atom stereocenters. The summed E-state index contributed by atoms with van der Waals surface area (Å²) in [4.78, 5) is 17.1. The quantitative estimate of drug-likeness (QED) is 0.832. The molecule has 2 aliphatic heterocycles. The molecule has 24 heavy (non-hydrogen) atoms. The van der Waals surface area contributed by atoms with Gasteiger partial charge in [-0.1, -0.05) is 6.42 Å². The lowest BCUT2D eigenvalue weighted by molar-refractivity contribution is -0.164. The molecule has 3 aliphatic rings. The van der Waals surface area contributed by atoms with Crippen LogP contribution in [-0.2, 0) is 16.1 Å². The van der Waals surface area contributed by atoms with Crippen molar-refractivity contribution in [1.29, 1.82) is 0 Å². The first-order chi connectivity index (χ1) is 11.6. The van der Waals surface area contributed by atoms with Crippen LogP contribution in [0.15, 0.2) is 0 Å². The molecule has 6 nitrogen and oxygen atoms in total. The van der Waals surface area contributed by atoms with E-state index in [2.05, 4.69) is 20.0 Å². The lowest BCUT2D eigenvalue weighted by Crippen LogP contribution is -2.59. The predicted molar refractivity (Wildman–Crippen MR) is 91.8 cm³/mol. The van der Waals surface area contributed by atoms with E-state index in [0.717, 1.165) is 68.4 Å². The third-order valence-electron chi connectivity index (χ3n) is 5.71. The number of carbonyl (C=O) groups is 1. The summed E-state index contributed by atoms with van der Waals surface area (Å²) in [5, 5.41) is 10.4. The number of carbonyl (C=O) groups excluding carboxylic acids is 1. The van der Waals surface area contributed by atoms with Gasteiger partial charge in [-0.2, -0.15) is 0 Å². The first kappa shape index (κ1) is 16.4. The number of aromatic nitrogens is 2. The highest BCUT2D eigenvalue weighted by Crippen LogP contribution is 2.34. The molecule has 0 atom stereocenters. The second-order valence-corrected chi connectivity index (χ2v) is 8.68. The van der Waals surface area contributed by atoms with Crippen LogP contribution >= 0.6 is 11.3 Å². The molecule has 1 saturated carbocycles. The minimum atomic E-state index is -0.120. The molecule has 3 fully saturated rings. The molecule has 0 bridgehead atoms. The largest absolute Gasteiger partial charge is 0.371 e. The first-order valence-corrected chi connectivity index (χ1v) is 9.89. The van der Waals surface area contributed by atoms with Crippen LogP contribution in [0, 0.1) is 12.8 Å². The average Bonchev–Trinajstić information content (AvgIpc) is 2.93. The van der Waals surface area contributed by atoms with Crippen LogP contribution in [0.3, 0.4) is 0 Å². The Morgan fingerprint density at radius 3 is 2.71 bits per heavy atom. The van der Waals surface area contributed by atoms with Gasteiger partial charge in [-0.25, -0.2) is 0 Å². The smallest absolute Gasteiger partial charge is 0.225 e. The van der Waals surface area contributed by atoms with Gasteiger partial charge in [-0.05, 0) is 32.6 Å². The summed E-state index contributed by atoms with van der Waals surface area (Å²) in [6.45, 7) is 7.13. The SMILES string of the molecule is Cc1nnc(CN2CCC3(CC2)CN(C(=O)C2CCC2)CCO3)s1. The lowest BCUT2D eigenvalue weighted by atomic mass is 9.83. The maximum absolute atomic E-state index is 12.6. The highest BCUT2D eigenvalue weighted by molar-refractivity contribution is 7.11. The fraction of sp³-hybridized carbons (Fsp3) is 0.824. The number of aryl methyl sites for hydroxylation is 1. The van der Waals surface area contributed by atoms with E-state index in [4.69, 9.17) is 4.74 Å². The number of piperidine rings is 1. The van der Waals surface area contributed by atoms with Crippen molar-refractivity contribution in [2.24, 2.45) is 5.92 Å². The average molecular weight is 350 g/mol. The van der Waals surface area contributed by atoms with E-state index < -0.39 is 0 Å². The summed E-state index contributed by atoms with van der Waals surface area (Å²) in [6.07, 6.45) is 5.38. The number of rotatable bonds is 3. The van der Waals surface area contributed by atoms with Crippen molar-refractivity contribution in [3.05, 3.63) is 10.0 Å². The molecule has 132 valence electrons. The second kappa shape index (κ2) is 6.69. The van der Waals surface area contributed by atoms with Crippen LogP contribution in [-0.4, -0.2) is 64.3 Å². The fourth-order valence-electron chi connectivity index (χ4n) is 3.96. The van der Waals surface area contributed by atoms with Crippen LogP contribution < -0.4 is 0 Å². The maximum atomic E-state index is 12.6. The topological polar surface area (TPSA) is 58.6 Å². The van der Waals surface area contributed by atoms with Gasteiger partial charge >= 0.3 is 0 Å². The minimum Gasteiger partial charge on any atom is -0.371 e. The van der Waals surface area contributed by atoms with Gasteiger partial charge in [-0.15, -0.1) is 21.5 Å². The normalized spacial score (nSPS) is 25.0.